The molecule has 1 aromatic heterocycles. The SMILES string of the molecule is Cc1cccc(-c2cc(CNC(C)C)sn2)c1. The second-order valence-corrected chi connectivity index (χ2v) is 5.47. The number of nitrogens with zero attached hydrogens (tertiary/aromatic N) is 1. The molecular weight excluding hydrogens is 228 g/mol. The van der Waals surface area contributed by atoms with Crippen LogP contribution in [0.1, 0.15) is 24.3 Å². The van der Waals surface area contributed by atoms with Gasteiger partial charge in [0, 0.05) is 23.0 Å². The monoisotopic (exact) mass is 246 g/mol. The summed E-state index contributed by atoms with van der Waals surface area (Å²) in [6.07, 6.45) is 0. The van der Waals surface area contributed by atoms with Gasteiger partial charge in [-0.2, -0.15) is 4.37 Å². The zero-order valence-electron chi connectivity index (χ0n) is 10.5. The number of hydrogen-bond acceptors (Lipinski definition) is 3. The lowest BCUT2D eigenvalue weighted by molar-refractivity contribution is 0.593. The lowest BCUT2D eigenvalue weighted by Crippen LogP contribution is -2.21. The van der Waals surface area contributed by atoms with E-state index >= 15 is 0 Å². The van der Waals surface area contributed by atoms with Gasteiger partial charge in [-0.15, -0.1) is 0 Å². The summed E-state index contributed by atoms with van der Waals surface area (Å²) >= 11 is 1.58. The number of nitrogens with one attached hydrogen (secondary N) is 1. The average Bonchev–Trinajstić information content (AvgIpc) is 2.75. The van der Waals surface area contributed by atoms with Crippen molar-refractivity contribution in [3.05, 3.63) is 40.8 Å². The molecule has 0 saturated heterocycles. The summed E-state index contributed by atoms with van der Waals surface area (Å²) in [5.41, 5.74) is 3.56. The molecule has 0 radical (unpaired) electrons. The van der Waals surface area contributed by atoms with Crippen LogP contribution in [0.2, 0.25) is 0 Å². The molecule has 0 atom stereocenters. The summed E-state index contributed by atoms with van der Waals surface area (Å²) in [4.78, 5) is 1.29. The van der Waals surface area contributed by atoms with E-state index in [1.165, 1.54) is 16.0 Å². The van der Waals surface area contributed by atoms with Gasteiger partial charge in [0.05, 0.1) is 5.69 Å². The van der Waals surface area contributed by atoms with Gasteiger partial charge in [0.25, 0.3) is 0 Å². The van der Waals surface area contributed by atoms with Gasteiger partial charge < -0.3 is 5.32 Å². The van der Waals surface area contributed by atoms with Gasteiger partial charge >= 0.3 is 0 Å². The first kappa shape index (κ1) is 12.3. The lowest BCUT2D eigenvalue weighted by Gasteiger charge is -2.04. The van der Waals surface area contributed by atoms with Crippen LogP contribution in [0.5, 0.6) is 0 Å². The summed E-state index contributed by atoms with van der Waals surface area (Å²) in [7, 11) is 0. The minimum Gasteiger partial charge on any atom is -0.310 e. The second-order valence-electron chi connectivity index (χ2n) is 4.58. The Morgan fingerprint density at radius 2 is 2.12 bits per heavy atom. The van der Waals surface area contributed by atoms with Crippen LogP contribution in [0.25, 0.3) is 11.3 Å². The number of aryl methyl sites for hydroxylation is 1. The fourth-order valence-electron chi connectivity index (χ4n) is 1.64. The van der Waals surface area contributed by atoms with Gasteiger partial charge in [0.2, 0.25) is 0 Å². The molecular formula is C14H18N2S. The molecule has 17 heavy (non-hydrogen) atoms. The van der Waals surface area contributed by atoms with Gasteiger partial charge in [-0.25, -0.2) is 0 Å². The van der Waals surface area contributed by atoms with Crippen LogP contribution in [0, 0.1) is 6.92 Å². The number of benzene rings is 1. The van der Waals surface area contributed by atoms with E-state index in [1.54, 1.807) is 11.5 Å². The molecule has 0 aliphatic carbocycles. The van der Waals surface area contributed by atoms with E-state index in [-0.39, 0.29) is 0 Å². The van der Waals surface area contributed by atoms with E-state index < -0.39 is 0 Å². The van der Waals surface area contributed by atoms with Crippen molar-refractivity contribution in [2.45, 2.75) is 33.4 Å². The third-order valence-electron chi connectivity index (χ3n) is 2.56. The molecule has 3 heteroatoms. The Kier molecular flexibility index (Phi) is 3.92. The standard InChI is InChI=1S/C14H18N2S/c1-10(2)15-9-13-8-14(16-17-13)12-6-4-5-11(3)7-12/h4-8,10,15H,9H2,1-3H3. The predicted molar refractivity (Wildman–Crippen MR) is 74.3 cm³/mol. The summed E-state index contributed by atoms with van der Waals surface area (Å²) in [5.74, 6) is 0. The summed E-state index contributed by atoms with van der Waals surface area (Å²) in [6, 6.07) is 11.2. The van der Waals surface area contributed by atoms with Crippen LogP contribution in [0.4, 0.5) is 0 Å². The molecule has 0 unspecified atom stereocenters. The molecule has 0 fully saturated rings. The van der Waals surface area contributed by atoms with Crippen LogP contribution in [0.3, 0.4) is 0 Å². The van der Waals surface area contributed by atoms with Crippen molar-refractivity contribution in [1.29, 1.82) is 0 Å². The maximum Gasteiger partial charge on any atom is 0.0844 e. The normalized spacial score (nSPS) is 11.1. The number of aromatic nitrogens is 1. The van der Waals surface area contributed by atoms with Gasteiger partial charge in [-0.1, -0.05) is 37.6 Å². The average molecular weight is 246 g/mol. The zero-order chi connectivity index (χ0) is 12.3. The molecule has 2 aromatic rings. The Morgan fingerprint density at radius 3 is 2.82 bits per heavy atom. The molecule has 1 aromatic carbocycles. The van der Waals surface area contributed by atoms with Crippen molar-refractivity contribution in [3.8, 4) is 11.3 Å². The zero-order valence-corrected chi connectivity index (χ0v) is 11.3. The fourth-order valence-corrected chi connectivity index (χ4v) is 2.33. The second kappa shape index (κ2) is 5.43. The van der Waals surface area contributed by atoms with Crippen LogP contribution >= 0.6 is 11.5 Å². The summed E-state index contributed by atoms with van der Waals surface area (Å²) in [6.45, 7) is 7.32. The molecule has 2 rings (SSSR count). The van der Waals surface area contributed by atoms with E-state index in [9.17, 15) is 0 Å². The predicted octanol–water partition coefficient (Wildman–Crippen LogP) is 3.62. The molecule has 2 nitrogen and oxygen atoms in total. The van der Waals surface area contributed by atoms with Crippen LogP contribution < -0.4 is 5.32 Å². The van der Waals surface area contributed by atoms with Gasteiger partial charge in [0.1, 0.15) is 0 Å². The molecule has 0 aliphatic heterocycles. The molecule has 1 heterocycles. The smallest absolute Gasteiger partial charge is 0.0844 e. The topological polar surface area (TPSA) is 24.9 Å². The largest absolute Gasteiger partial charge is 0.310 e. The van der Waals surface area contributed by atoms with E-state index in [0.717, 1.165) is 12.2 Å². The van der Waals surface area contributed by atoms with Gasteiger partial charge in [-0.3, -0.25) is 0 Å². The van der Waals surface area contributed by atoms with Crippen molar-refractivity contribution in [1.82, 2.24) is 9.69 Å². The van der Waals surface area contributed by atoms with Gasteiger partial charge in [0.15, 0.2) is 0 Å². The van der Waals surface area contributed by atoms with Crippen molar-refractivity contribution in [3.63, 3.8) is 0 Å². The first-order valence-electron chi connectivity index (χ1n) is 5.91. The Morgan fingerprint density at radius 1 is 1.29 bits per heavy atom. The third-order valence-corrected chi connectivity index (χ3v) is 3.34. The lowest BCUT2D eigenvalue weighted by atomic mass is 10.1. The fraction of sp³-hybridized carbons (Fsp3) is 0.357. The quantitative estimate of drug-likeness (QED) is 0.891. The maximum absolute atomic E-state index is 4.51. The van der Waals surface area contributed by atoms with E-state index in [0.29, 0.717) is 6.04 Å². The summed E-state index contributed by atoms with van der Waals surface area (Å²) < 4.78 is 4.51. The van der Waals surface area contributed by atoms with Gasteiger partial charge in [-0.05, 0) is 30.6 Å². The molecule has 1 N–H and O–H groups in total. The maximum atomic E-state index is 4.51. The van der Waals surface area contributed by atoms with E-state index in [4.69, 9.17) is 0 Å². The Balaban J connectivity index is 2.12. The Labute approximate surface area is 107 Å². The van der Waals surface area contributed by atoms with E-state index in [1.807, 2.05) is 0 Å². The summed E-state index contributed by atoms with van der Waals surface area (Å²) in [5, 5.41) is 3.41. The minimum absolute atomic E-state index is 0.513. The third kappa shape index (κ3) is 3.38. The van der Waals surface area contributed by atoms with Crippen molar-refractivity contribution in [2.75, 3.05) is 0 Å². The molecule has 90 valence electrons. The molecule has 0 saturated carbocycles. The molecule has 0 bridgehead atoms. The molecule has 0 amide bonds. The highest BCUT2D eigenvalue weighted by molar-refractivity contribution is 7.06. The highest BCUT2D eigenvalue weighted by Gasteiger charge is 2.05. The van der Waals surface area contributed by atoms with Crippen LogP contribution in [0.15, 0.2) is 30.3 Å². The first-order valence-corrected chi connectivity index (χ1v) is 6.68. The Hall–Kier alpha value is -1.19. The number of hydrogen-bond donors (Lipinski definition) is 1. The highest BCUT2D eigenvalue weighted by Crippen LogP contribution is 2.22. The highest BCUT2D eigenvalue weighted by atomic mass is 32.1. The molecule has 0 aliphatic rings. The Bertz CT molecular complexity index is 488. The van der Waals surface area contributed by atoms with Crippen LogP contribution in [-0.2, 0) is 6.54 Å². The van der Waals surface area contributed by atoms with Crippen LogP contribution in [-0.4, -0.2) is 10.4 Å². The van der Waals surface area contributed by atoms with Crippen molar-refractivity contribution >= 4 is 11.5 Å². The first-order chi connectivity index (χ1) is 8.15. The molecule has 0 spiro atoms. The number of rotatable bonds is 4. The van der Waals surface area contributed by atoms with Crippen molar-refractivity contribution in [2.24, 2.45) is 0 Å². The van der Waals surface area contributed by atoms with E-state index in [2.05, 4.69) is 60.8 Å². The van der Waals surface area contributed by atoms with Crippen molar-refractivity contribution < 1.29 is 0 Å². The minimum atomic E-state index is 0.513.